The number of nitrogens with one attached hydrogen (secondary N) is 1. The van der Waals surface area contributed by atoms with Gasteiger partial charge in [-0.15, -0.1) is 0 Å². The summed E-state index contributed by atoms with van der Waals surface area (Å²) in [7, 11) is 0. The molecule has 1 unspecified atom stereocenters. The topological polar surface area (TPSA) is 24.9 Å². The van der Waals surface area contributed by atoms with E-state index in [1.54, 1.807) is 12.1 Å². The Morgan fingerprint density at radius 2 is 2.10 bits per heavy atom. The molecule has 2 aromatic rings. The van der Waals surface area contributed by atoms with Crippen molar-refractivity contribution < 1.29 is 4.39 Å². The van der Waals surface area contributed by atoms with Crippen molar-refractivity contribution in [3.8, 4) is 0 Å². The molecule has 1 N–H and O–H groups in total. The molecular weight excluding hydrogens is 355 g/mol. The lowest BCUT2D eigenvalue weighted by Gasteiger charge is -2.20. The molecule has 0 aliphatic carbocycles. The zero-order valence-corrected chi connectivity index (χ0v) is 14.3. The Bertz CT molecular complexity index is 634. The molecule has 0 amide bonds. The van der Waals surface area contributed by atoms with Crippen LogP contribution < -0.4 is 5.32 Å². The fourth-order valence-electron chi connectivity index (χ4n) is 2.15. The van der Waals surface area contributed by atoms with Crippen LogP contribution in [-0.2, 0) is 0 Å². The number of pyridine rings is 1. The lowest BCUT2D eigenvalue weighted by atomic mass is 10.0. The minimum Gasteiger partial charge on any atom is -0.305 e. The predicted octanol–water partition coefficient (Wildman–Crippen LogP) is 5.03. The summed E-state index contributed by atoms with van der Waals surface area (Å²) >= 11 is 9.25. The van der Waals surface area contributed by atoms with Gasteiger partial charge in [-0.2, -0.15) is 0 Å². The van der Waals surface area contributed by atoms with Crippen LogP contribution in [0.4, 0.5) is 4.39 Å². The smallest absolute Gasteiger partial charge is 0.148 e. The highest BCUT2D eigenvalue weighted by Crippen LogP contribution is 2.32. The highest BCUT2D eigenvalue weighted by atomic mass is 79.9. The second-order valence-electron chi connectivity index (χ2n) is 4.86. The van der Waals surface area contributed by atoms with Crippen molar-refractivity contribution in [1.29, 1.82) is 0 Å². The third-order valence-electron chi connectivity index (χ3n) is 3.18. The molecule has 0 saturated carbocycles. The number of aromatic nitrogens is 1. The van der Waals surface area contributed by atoms with Crippen LogP contribution in [0.3, 0.4) is 0 Å². The largest absolute Gasteiger partial charge is 0.305 e. The van der Waals surface area contributed by atoms with Gasteiger partial charge >= 0.3 is 0 Å². The minimum atomic E-state index is -0.414. The Kier molecular flexibility index (Phi) is 5.73. The van der Waals surface area contributed by atoms with Crippen molar-refractivity contribution in [1.82, 2.24) is 10.3 Å². The van der Waals surface area contributed by atoms with Crippen molar-refractivity contribution in [3.63, 3.8) is 0 Å². The van der Waals surface area contributed by atoms with Gasteiger partial charge in [0, 0.05) is 15.7 Å². The fraction of sp³-hybridized carbons (Fsp3) is 0.312. The van der Waals surface area contributed by atoms with E-state index < -0.39 is 5.82 Å². The number of hydrogen-bond donors (Lipinski definition) is 1. The maximum absolute atomic E-state index is 14.5. The van der Waals surface area contributed by atoms with E-state index in [4.69, 9.17) is 11.6 Å². The van der Waals surface area contributed by atoms with E-state index in [-0.39, 0.29) is 11.1 Å². The lowest BCUT2D eigenvalue weighted by molar-refractivity contribution is 0.538. The van der Waals surface area contributed by atoms with Crippen LogP contribution >= 0.6 is 27.5 Å². The van der Waals surface area contributed by atoms with Gasteiger partial charge in [0.1, 0.15) is 5.82 Å². The average molecular weight is 372 g/mol. The number of aryl methyl sites for hydroxylation is 1. The molecule has 0 radical (unpaired) electrons. The molecule has 5 heteroatoms. The third-order valence-corrected chi connectivity index (χ3v) is 4.44. The van der Waals surface area contributed by atoms with Crippen LogP contribution in [0.5, 0.6) is 0 Å². The van der Waals surface area contributed by atoms with Gasteiger partial charge in [-0.1, -0.05) is 30.7 Å². The van der Waals surface area contributed by atoms with Gasteiger partial charge in [0.2, 0.25) is 0 Å². The van der Waals surface area contributed by atoms with Crippen molar-refractivity contribution >= 4 is 27.5 Å². The van der Waals surface area contributed by atoms with Gasteiger partial charge in [-0.25, -0.2) is 4.39 Å². The Morgan fingerprint density at radius 3 is 2.76 bits per heavy atom. The second-order valence-corrected chi connectivity index (χ2v) is 6.09. The Morgan fingerprint density at radius 1 is 1.33 bits per heavy atom. The van der Waals surface area contributed by atoms with Crippen LogP contribution in [0.1, 0.15) is 36.3 Å². The number of hydrogen-bond acceptors (Lipinski definition) is 2. The summed E-state index contributed by atoms with van der Waals surface area (Å²) in [6, 6.07) is 8.94. The molecule has 0 aliphatic heterocycles. The molecule has 0 spiro atoms. The molecular formula is C16H17BrClFN2. The summed E-state index contributed by atoms with van der Waals surface area (Å²) in [5.74, 6) is -0.414. The average Bonchev–Trinajstić information content (AvgIpc) is 2.47. The summed E-state index contributed by atoms with van der Waals surface area (Å²) in [4.78, 5) is 4.51. The van der Waals surface area contributed by atoms with Gasteiger partial charge in [0.25, 0.3) is 0 Å². The summed E-state index contributed by atoms with van der Waals surface area (Å²) in [5.41, 5.74) is 2.20. The molecule has 21 heavy (non-hydrogen) atoms. The molecule has 1 atom stereocenters. The monoisotopic (exact) mass is 370 g/mol. The third kappa shape index (κ3) is 3.82. The van der Waals surface area contributed by atoms with E-state index in [9.17, 15) is 4.39 Å². The highest BCUT2D eigenvalue weighted by molar-refractivity contribution is 9.10. The number of nitrogens with zero attached hydrogens (tertiary/aromatic N) is 1. The van der Waals surface area contributed by atoms with Crippen molar-refractivity contribution in [2.45, 2.75) is 26.3 Å². The first-order valence-electron chi connectivity index (χ1n) is 6.85. The second kappa shape index (κ2) is 7.34. The molecule has 1 aromatic heterocycles. The molecule has 2 nitrogen and oxygen atoms in total. The minimum absolute atomic E-state index is 0.100. The molecule has 0 aliphatic rings. The van der Waals surface area contributed by atoms with Crippen molar-refractivity contribution in [3.05, 3.63) is 62.6 Å². The highest BCUT2D eigenvalue weighted by Gasteiger charge is 2.21. The summed E-state index contributed by atoms with van der Waals surface area (Å²) < 4.78 is 15.0. The maximum Gasteiger partial charge on any atom is 0.148 e. The standard InChI is InChI=1S/C16H17BrClFN2/c1-3-9-20-16(13-6-4-5-10(2)21-13)11-7-8-12(17)14(18)15(11)19/h4-8,16,20H,3,9H2,1-2H3. The number of benzene rings is 1. The first kappa shape index (κ1) is 16.4. The molecule has 2 rings (SSSR count). The Balaban J connectivity index is 2.48. The van der Waals surface area contributed by atoms with Gasteiger partial charge in [-0.3, -0.25) is 4.98 Å². The number of rotatable bonds is 5. The maximum atomic E-state index is 14.5. The molecule has 0 bridgehead atoms. The number of halogens is 3. The van der Waals surface area contributed by atoms with E-state index in [1.807, 2.05) is 25.1 Å². The van der Waals surface area contributed by atoms with E-state index in [0.717, 1.165) is 24.4 Å². The van der Waals surface area contributed by atoms with Gasteiger partial charge in [-0.05, 0) is 54.0 Å². The summed E-state index contributed by atoms with van der Waals surface area (Å²) in [6.07, 6.45) is 0.953. The lowest BCUT2D eigenvalue weighted by Crippen LogP contribution is -2.25. The SMILES string of the molecule is CCCNC(c1cccc(C)n1)c1ccc(Br)c(Cl)c1F. The zero-order valence-electron chi connectivity index (χ0n) is 12.0. The summed E-state index contributed by atoms with van der Waals surface area (Å²) in [5, 5.41) is 3.44. The first-order chi connectivity index (χ1) is 10.0. The van der Waals surface area contributed by atoms with Gasteiger partial charge < -0.3 is 5.32 Å². The van der Waals surface area contributed by atoms with Crippen LogP contribution in [0.15, 0.2) is 34.8 Å². The molecule has 0 fully saturated rings. The van der Waals surface area contributed by atoms with Crippen LogP contribution in [0, 0.1) is 12.7 Å². The molecule has 0 saturated heterocycles. The Hall–Kier alpha value is -0.970. The van der Waals surface area contributed by atoms with Gasteiger partial charge in [0.15, 0.2) is 0 Å². The predicted molar refractivity (Wildman–Crippen MR) is 88.2 cm³/mol. The first-order valence-corrected chi connectivity index (χ1v) is 8.02. The molecule has 1 heterocycles. The van der Waals surface area contributed by atoms with Crippen LogP contribution in [0.2, 0.25) is 5.02 Å². The fourth-order valence-corrected chi connectivity index (χ4v) is 2.63. The van der Waals surface area contributed by atoms with Crippen molar-refractivity contribution in [2.24, 2.45) is 0 Å². The van der Waals surface area contributed by atoms with Crippen LogP contribution in [-0.4, -0.2) is 11.5 Å². The van der Waals surface area contributed by atoms with Crippen molar-refractivity contribution in [2.75, 3.05) is 6.54 Å². The Labute approximate surface area is 137 Å². The quantitative estimate of drug-likeness (QED) is 0.745. The van der Waals surface area contributed by atoms with Crippen LogP contribution in [0.25, 0.3) is 0 Å². The zero-order chi connectivity index (χ0) is 15.4. The molecule has 112 valence electrons. The molecule has 1 aromatic carbocycles. The normalized spacial score (nSPS) is 12.4. The van der Waals surface area contributed by atoms with E-state index in [0.29, 0.717) is 10.0 Å². The van der Waals surface area contributed by atoms with E-state index >= 15 is 0 Å². The van der Waals surface area contributed by atoms with Gasteiger partial charge in [0.05, 0.1) is 16.8 Å². The van der Waals surface area contributed by atoms with E-state index in [2.05, 4.69) is 33.2 Å². The van der Waals surface area contributed by atoms with E-state index in [1.165, 1.54) is 0 Å². The summed E-state index contributed by atoms with van der Waals surface area (Å²) in [6.45, 7) is 4.76.